The highest BCUT2D eigenvalue weighted by molar-refractivity contribution is 7.89. The topological polar surface area (TPSA) is 134 Å². The fraction of sp³-hybridized carbons (Fsp3) is 0.238. The molecule has 2 aromatic rings. The van der Waals surface area contributed by atoms with E-state index in [1.807, 2.05) is 0 Å². The number of ether oxygens (including phenoxy) is 3. The van der Waals surface area contributed by atoms with E-state index >= 15 is 0 Å². The van der Waals surface area contributed by atoms with Crippen molar-refractivity contribution < 1.29 is 32.2 Å². The van der Waals surface area contributed by atoms with Gasteiger partial charge in [0.25, 0.3) is 0 Å². The van der Waals surface area contributed by atoms with Crippen LogP contribution in [0.1, 0.15) is 11.1 Å². The van der Waals surface area contributed by atoms with E-state index in [4.69, 9.17) is 15.2 Å². The standard InChI is InChI=1S/C21H24N2O7S/c1-28-17-12-15(9-10-19(24)29-2)13-18(20(17)30-3)31(26,27)23-16(21(22)25)11-14-7-5-4-6-8-14/h4-10,12-13,16,23H,11H2,1-3H3,(H2,22,25)/b10-9+. The molecule has 166 valence electrons. The molecule has 2 aromatic carbocycles. The molecule has 31 heavy (non-hydrogen) atoms. The minimum absolute atomic E-state index is 0.0619. The number of carbonyl (C=O) groups is 2. The lowest BCUT2D eigenvalue weighted by Gasteiger charge is -2.19. The van der Waals surface area contributed by atoms with Gasteiger partial charge in [0.05, 0.1) is 21.3 Å². The van der Waals surface area contributed by atoms with Crippen molar-refractivity contribution in [3.63, 3.8) is 0 Å². The van der Waals surface area contributed by atoms with E-state index in [1.54, 1.807) is 30.3 Å². The number of amides is 1. The molecule has 0 spiro atoms. The van der Waals surface area contributed by atoms with Crippen molar-refractivity contribution in [2.45, 2.75) is 17.4 Å². The molecule has 0 aliphatic rings. The number of carbonyl (C=O) groups excluding carboxylic acids is 2. The maximum absolute atomic E-state index is 13.2. The number of nitrogens with one attached hydrogen (secondary N) is 1. The predicted octanol–water partition coefficient (Wildman–Crippen LogP) is 1.26. The average Bonchev–Trinajstić information content (AvgIpc) is 2.76. The van der Waals surface area contributed by atoms with Gasteiger partial charge in [0.1, 0.15) is 10.9 Å². The lowest BCUT2D eigenvalue weighted by atomic mass is 10.1. The summed E-state index contributed by atoms with van der Waals surface area (Å²) in [7, 11) is -0.420. The molecule has 0 bridgehead atoms. The molecule has 0 aliphatic carbocycles. The molecule has 1 unspecified atom stereocenters. The van der Waals surface area contributed by atoms with Crippen LogP contribution in [0.4, 0.5) is 0 Å². The zero-order valence-electron chi connectivity index (χ0n) is 17.3. The zero-order chi connectivity index (χ0) is 23.0. The van der Waals surface area contributed by atoms with Crippen molar-refractivity contribution in [2.24, 2.45) is 5.73 Å². The van der Waals surface area contributed by atoms with Gasteiger partial charge in [-0.25, -0.2) is 13.2 Å². The number of methoxy groups -OCH3 is 3. The Balaban J connectivity index is 2.48. The van der Waals surface area contributed by atoms with E-state index in [1.165, 1.54) is 39.5 Å². The van der Waals surface area contributed by atoms with Crippen molar-refractivity contribution in [1.29, 1.82) is 0 Å². The van der Waals surface area contributed by atoms with Crippen LogP contribution in [0, 0.1) is 0 Å². The fourth-order valence-corrected chi connectivity index (χ4v) is 4.20. The molecular weight excluding hydrogens is 424 g/mol. The van der Waals surface area contributed by atoms with Crippen LogP contribution in [0.2, 0.25) is 0 Å². The number of hydrogen-bond acceptors (Lipinski definition) is 7. The SMILES string of the molecule is COC(=O)/C=C/c1cc(OC)c(OC)c(S(=O)(=O)NC(Cc2ccccc2)C(N)=O)c1. The third-order valence-corrected chi connectivity index (χ3v) is 5.77. The van der Waals surface area contributed by atoms with E-state index < -0.39 is 27.9 Å². The number of primary amides is 1. The van der Waals surface area contributed by atoms with E-state index in [9.17, 15) is 18.0 Å². The first-order valence-corrected chi connectivity index (χ1v) is 10.6. The average molecular weight is 448 g/mol. The normalized spacial score (nSPS) is 12.4. The summed E-state index contributed by atoms with van der Waals surface area (Å²) >= 11 is 0. The number of rotatable bonds is 10. The lowest BCUT2D eigenvalue weighted by Crippen LogP contribution is -2.45. The summed E-state index contributed by atoms with van der Waals surface area (Å²) in [6.45, 7) is 0. The minimum atomic E-state index is -4.27. The number of benzene rings is 2. The van der Waals surface area contributed by atoms with Crippen molar-refractivity contribution >= 4 is 28.0 Å². The molecule has 0 saturated heterocycles. The van der Waals surface area contributed by atoms with Crippen LogP contribution in [-0.4, -0.2) is 47.7 Å². The molecule has 9 nitrogen and oxygen atoms in total. The molecule has 2 rings (SSSR count). The van der Waals surface area contributed by atoms with E-state index in [2.05, 4.69) is 9.46 Å². The predicted molar refractivity (Wildman–Crippen MR) is 114 cm³/mol. The number of sulfonamides is 1. The van der Waals surface area contributed by atoms with Gasteiger partial charge in [0.2, 0.25) is 15.9 Å². The highest BCUT2D eigenvalue weighted by Gasteiger charge is 2.29. The Labute approximate surface area is 180 Å². The van der Waals surface area contributed by atoms with Crippen LogP contribution < -0.4 is 19.9 Å². The quantitative estimate of drug-likeness (QED) is 0.413. The van der Waals surface area contributed by atoms with Crippen molar-refractivity contribution in [3.8, 4) is 11.5 Å². The highest BCUT2D eigenvalue weighted by atomic mass is 32.2. The number of hydrogen-bond donors (Lipinski definition) is 2. The Morgan fingerprint density at radius 2 is 1.77 bits per heavy atom. The molecule has 10 heteroatoms. The Morgan fingerprint density at radius 1 is 1.10 bits per heavy atom. The number of nitrogens with two attached hydrogens (primary N) is 1. The molecule has 0 radical (unpaired) electrons. The van der Waals surface area contributed by atoms with Gasteiger partial charge in [0, 0.05) is 6.08 Å². The third-order valence-electron chi connectivity index (χ3n) is 4.29. The second kappa shape index (κ2) is 10.6. The maximum atomic E-state index is 13.2. The lowest BCUT2D eigenvalue weighted by molar-refractivity contribution is -0.134. The van der Waals surface area contributed by atoms with Crippen molar-refractivity contribution in [2.75, 3.05) is 21.3 Å². The zero-order valence-corrected chi connectivity index (χ0v) is 18.1. The monoisotopic (exact) mass is 448 g/mol. The van der Waals surface area contributed by atoms with Crippen LogP contribution >= 0.6 is 0 Å². The first kappa shape index (κ1) is 23.9. The molecule has 0 saturated carbocycles. The molecular formula is C21H24N2O7S. The summed E-state index contributed by atoms with van der Waals surface area (Å²) in [4.78, 5) is 23.1. The van der Waals surface area contributed by atoms with E-state index in [0.29, 0.717) is 5.56 Å². The summed E-state index contributed by atoms with van der Waals surface area (Å²) in [5, 5.41) is 0. The summed E-state index contributed by atoms with van der Waals surface area (Å²) < 4.78 is 43.7. The summed E-state index contributed by atoms with van der Waals surface area (Å²) in [6, 6.07) is 10.4. The Bertz CT molecular complexity index is 1070. The van der Waals surface area contributed by atoms with Gasteiger partial charge in [-0.05, 0) is 35.8 Å². The van der Waals surface area contributed by atoms with Crippen LogP contribution in [-0.2, 0) is 30.8 Å². The maximum Gasteiger partial charge on any atom is 0.330 e. The third kappa shape index (κ3) is 6.30. The summed E-state index contributed by atoms with van der Waals surface area (Å²) in [5.41, 5.74) is 6.50. The Kier molecular flexibility index (Phi) is 8.17. The largest absolute Gasteiger partial charge is 0.493 e. The molecule has 0 heterocycles. The fourth-order valence-electron chi connectivity index (χ4n) is 2.78. The molecule has 0 aromatic heterocycles. The van der Waals surface area contributed by atoms with Crippen LogP contribution in [0.15, 0.2) is 53.4 Å². The van der Waals surface area contributed by atoms with Crippen LogP contribution in [0.5, 0.6) is 11.5 Å². The summed E-state index contributed by atoms with van der Waals surface area (Å²) in [6.07, 6.45) is 2.56. The van der Waals surface area contributed by atoms with Crippen LogP contribution in [0.25, 0.3) is 6.08 Å². The molecule has 1 amide bonds. The molecule has 1 atom stereocenters. The van der Waals surface area contributed by atoms with Gasteiger partial charge in [-0.1, -0.05) is 30.3 Å². The Hall–Kier alpha value is -3.37. The van der Waals surface area contributed by atoms with Gasteiger partial charge in [-0.15, -0.1) is 0 Å². The van der Waals surface area contributed by atoms with Crippen LogP contribution in [0.3, 0.4) is 0 Å². The molecule has 0 fully saturated rings. The van der Waals surface area contributed by atoms with Crippen molar-refractivity contribution in [1.82, 2.24) is 4.72 Å². The van der Waals surface area contributed by atoms with Crippen molar-refractivity contribution in [3.05, 3.63) is 59.7 Å². The van der Waals surface area contributed by atoms with Gasteiger partial charge >= 0.3 is 5.97 Å². The van der Waals surface area contributed by atoms with Gasteiger partial charge < -0.3 is 19.9 Å². The molecule has 3 N–H and O–H groups in total. The minimum Gasteiger partial charge on any atom is -0.493 e. The van der Waals surface area contributed by atoms with E-state index in [-0.39, 0.29) is 22.8 Å². The van der Waals surface area contributed by atoms with Gasteiger partial charge in [0.15, 0.2) is 11.5 Å². The second-order valence-corrected chi connectivity index (χ2v) is 8.06. The summed E-state index contributed by atoms with van der Waals surface area (Å²) in [5.74, 6) is -1.39. The Morgan fingerprint density at radius 3 is 2.32 bits per heavy atom. The van der Waals surface area contributed by atoms with Gasteiger partial charge in [-0.3, -0.25) is 4.79 Å². The smallest absolute Gasteiger partial charge is 0.330 e. The van der Waals surface area contributed by atoms with E-state index in [0.717, 1.165) is 11.6 Å². The second-order valence-electron chi connectivity index (χ2n) is 6.38. The molecule has 0 aliphatic heterocycles. The highest BCUT2D eigenvalue weighted by Crippen LogP contribution is 2.36. The van der Waals surface area contributed by atoms with Gasteiger partial charge in [-0.2, -0.15) is 4.72 Å². The first-order chi connectivity index (χ1) is 14.7. The first-order valence-electron chi connectivity index (χ1n) is 9.09. The number of esters is 1.